The number of hydrogen-bond acceptors (Lipinski definition) is 4. The molecule has 3 nitrogen and oxygen atoms in total. The van der Waals surface area contributed by atoms with E-state index in [0.29, 0.717) is 16.3 Å². The Morgan fingerprint density at radius 1 is 1.39 bits per heavy atom. The predicted molar refractivity (Wildman–Crippen MR) is 71.4 cm³/mol. The van der Waals surface area contributed by atoms with Crippen molar-refractivity contribution in [2.45, 2.75) is 6.61 Å². The van der Waals surface area contributed by atoms with Crippen LogP contribution in [0.15, 0.2) is 35.7 Å². The maximum absolute atomic E-state index is 11.9. The quantitative estimate of drug-likeness (QED) is 0.801. The Hall–Kier alpha value is -1.52. The molecule has 0 spiro atoms. The zero-order valence-electron chi connectivity index (χ0n) is 9.68. The van der Waals surface area contributed by atoms with Crippen LogP contribution in [-0.2, 0) is 11.3 Å². The lowest BCUT2D eigenvalue weighted by atomic mass is 10.2. The first-order valence-electron chi connectivity index (χ1n) is 5.24. The smallest absolute Gasteiger partial charge is 0.342 e. The number of carbonyl (C=O) groups excluding carboxylic acids is 1. The lowest BCUT2D eigenvalue weighted by molar-refractivity contribution is 0.0473. The summed E-state index contributed by atoms with van der Waals surface area (Å²) in [4.78, 5) is 12.9. The van der Waals surface area contributed by atoms with E-state index in [-0.39, 0.29) is 6.61 Å². The van der Waals surface area contributed by atoms with Gasteiger partial charge < -0.3 is 9.47 Å². The summed E-state index contributed by atoms with van der Waals surface area (Å²) in [6.07, 6.45) is 0. The Bertz CT molecular complexity index is 537. The summed E-state index contributed by atoms with van der Waals surface area (Å²) in [6.45, 7) is 0.266. The Morgan fingerprint density at radius 3 is 2.89 bits per heavy atom. The van der Waals surface area contributed by atoms with Crippen molar-refractivity contribution >= 4 is 28.9 Å². The molecule has 0 bridgehead atoms. The van der Waals surface area contributed by atoms with E-state index >= 15 is 0 Å². The van der Waals surface area contributed by atoms with Crippen LogP contribution >= 0.6 is 22.9 Å². The fraction of sp³-hybridized carbons (Fsp3) is 0.154. The first kappa shape index (κ1) is 12.9. The van der Waals surface area contributed by atoms with Gasteiger partial charge in [-0.05, 0) is 29.6 Å². The second-order valence-electron chi connectivity index (χ2n) is 3.50. The number of halogens is 1. The van der Waals surface area contributed by atoms with Crippen LogP contribution in [0.1, 0.15) is 15.2 Å². The maximum Gasteiger partial charge on any atom is 0.342 e. The van der Waals surface area contributed by atoms with Crippen molar-refractivity contribution in [1.82, 2.24) is 0 Å². The summed E-state index contributed by atoms with van der Waals surface area (Å²) in [5.41, 5.74) is 0.374. The number of rotatable bonds is 4. The molecule has 0 amide bonds. The third kappa shape index (κ3) is 3.03. The Labute approximate surface area is 114 Å². The number of hydrogen-bond donors (Lipinski definition) is 0. The van der Waals surface area contributed by atoms with Crippen LogP contribution in [0.5, 0.6) is 5.75 Å². The van der Waals surface area contributed by atoms with Crippen molar-refractivity contribution in [2.75, 3.05) is 7.11 Å². The third-order valence-electron chi connectivity index (χ3n) is 2.31. The normalized spacial score (nSPS) is 10.1. The molecule has 18 heavy (non-hydrogen) atoms. The van der Waals surface area contributed by atoms with Gasteiger partial charge in [-0.15, -0.1) is 11.3 Å². The second kappa shape index (κ2) is 5.89. The van der Waals surface area contributed by atoms with Gasteiger partial charge in [0.05, 0.1) is 7.11 Å². The van der Waals surface area contributed by atoms with Crippen molar-refractivity contribution in [2.24, 2.45) is 0 Å². The van der Waals surface area contributed by atoms with Crippen molar-refractivity contribution in [3.63, 3.8) is 0 Å². The van der Waals surface area contributed by atoms with Gasteiger partial charge >= 0.3 is 5.97 Å². The molecule has 0 aliphatic rings. The van der Waals surface area contributed by atoms with E-state index in [9.17, 15) is 4.79 Å². The average Bonchev–Trinajstić information content (AvgIpc) is 2.88. The number of benzene rings is 1. The minimum Gasteiger partial charge on any atom is -0.496 e. The van der Waals surface area contributed by atoms with E-state index in [4.69, 9.17) is 21.1 Å². The van der Waals surface area contributed by atoms with Gasteiger partial charge in [-0.2, -0.15) is 0 Å². The van der Waals surface area contributed by atoms with Gasteiger partial charge in [0.25, 0.3) is 0 Å². The van der Waals surface area contributed by atoms with Gasteiger partial charge in [-0.25, -0.2) is 4.79 Å². The van der Waals surface area contributed by atoms with Crippen LogP contribution in [0.25, 0.3) is 0 Å². The van der Waals surface area contributed by atoms with Crippen molar-refractivity contribution in [3.05, 3.63) is 51.2 Å². The first-order valence-corrected chi connectivity index (χ1v) is 6.49. The molecule has 5 heteroatoms. The van der Waals surface area contributed by atoms with Gasteiger partial charge in [0.15, 0.2) is 0 Å². The highest BCUT2D eigenvalue weighted by atomic mass is 35.5. The van der Waals surface area contributed by atoms with Crippen LogP contribution in [0.3, 0.4) is 0 Å². The van der Waals surface area contributed by atoms with Crippen molar-refractivity contribution < 1.29 is 14.3 Å². The molecule has 1 aromatic carbocycles. The summed E-state index contributed by atoms with van der Waals surface area (Å²) in [6, 6.07) is 8.64. The number of ether oxygens (including phenoxy) is 2. The topological polar surface area (TPSA) is 35.5 Å². The van der Waals surface area contributed by atoms with E-state index in [2.05, 4.69) is 0 Å². The molecule has 1 heterocycles. The van der Waals surface area contributed by atoms with Crippen molar-refractivity contribution in [1.29, 1.82) is 0 Å². The molecule has 2 aromatic rings. The zero-order chi connectivity index (χ0) is 13.0. The van der Waals surface area contributed by atoms with Crippen LogP contribution in [0.4, 0.5) is 0 Å². The Morgan fingerprint density at radius 2 is 2.22 bits per heavy atom. The second-order valence-corrected chi connectivity index (χ2v) is 4.97. The highest BCUT2D eigenvalue weighted by Crippen LogP contribution is 2.24. The molecule has 0 atom stereocenters. The lowest BCUT2D eigenvalue weighted by Gasteiger charge is -2.08. The standard InChI is InChI=1S/C13H11ClO3S/c1-16-12-7-9(14)4-5-11(12)13(15)17-8-10-3-2-6-18-10/h2-7H,8H2,1H3. The molecule has 0 aliphatic heterocycles. The van der Waals surface area contributed by atoms with Crippen molar-refractivity contribution in [3.8, 4) is 5.75 Å². The number of thiophene rings is 1. The summed E-state index contributed by atoms with van der Waals surface area (Å²) in [5.74, 6) is -0.00408. The van der Waals surface area contributed by atoms with Gasteiger partial charge in [0, 0.05) is 9.90 Å². The first-order chi connectivity index (χ1) is 8.70. The van der Waals surface area contributed by atoms with E-state index in [0.717, 1.165) is 4.88 Å². The average molecular weight is 283 g/mol. The molecule has 0 saturated carbocycles. The summed E-state index contributed by atoms with van der Waals surface area (Å²) >= 11 is 7.37. The fourth-order valence-corrected chi connectivity index (χ4v) is 2.22. The summed E-state index contributed by atoms with van der Waals surface area (Å²) in [7, 11) is 1.49. The SMILES string of the molecule is COc1cc(Cl)ccc1C(=O)OCc1cccs1. The number of esters is 1. The minimum atomic E-state index is -0.420. The predicted octanol–water partition coefficient (Wildman–Crippen LogP) is 3.77. The number of carbonyl (C=O) groups is 1. The van der Waals surface area contributed by atoms with Crippen LogP contribution in [-0.4, -0.2) is 13.1 Å². The molecular weight excluding hydrogens is 272 g/mol. The minimum absolute atomic E-state index is 0.266. The largest absolute Gasteiger partial charge is 0.496 e. The number of methoxy groups -OCH3 is 1. The molecule has 1 aromatic heterocycles. The molecular formula is C13H11ClO3S. The van der Waals surface area contributed by atoms with E-state index in [1.807, 2.05) is 17.5 Å². The molecule has 94 valence electrons. The Kier molecular flexibility index (Phi) is 4.23. The van der Waals surface area contributed by atoms with Gasteiger partial charge in [0.1, 0.15) is 17.9 Å². The molecule has 2 rings (SSSR count). The van der Waals surface area contributed by atoms with Gasteiger partial charge in [-0.3, -0.25) is 0 Å². The third-order valence-corrected chi connectivity index (χ3v) is 3.39. The van der Waals surface area contributed by atoms with E-state index in [1.54, 1.807) is 29.5 Å². The van der Waals surface area contributed by atoms with Gasteiger partial charge in [0.2, 0.25) is 0 Å². The highest BCUT2D eigenvalue weighted by Gasteiger charge is 2.14. The molecule has 0 N–H and O–H groups in total. The fourth-order valence-electron chi connectivity index (χ4n) is 1.44. The molecule has 0 unspecified atom stereocenters. The monoisotopic (exact) mass is 282 g/mol. The molecule has 0 aliphatic carbocycles. The van der Waals surface area contributed by atoms with Gasteiger partial charge in [-0.1, -0.05) is 17.7 Å². The van der Waals surface area contributed by atoms with E-state index < -0.39 is 5.97 Å². The molecule has 0 fully saturated rings. The van der Waals surface area contributed by atoms with Crippen LogP contribution in [0.2, 0.25) is 5.02 Å². The zero-order valence-corrected chi connectivity index (χ0v) is 11.3. The Balaban J connectivity index is 2.09. The lowest BCUT2D eigenvalue weighted by Crippen LogP contribution is -2.06. The summed E-state index contributed by atoms with van der Waals surface area (Å²) < 4.78 is 10.3. The van der Waals surface area contributed by atoms with Crippen LogP contribution < -0.4 is 4.74 Å². The molecule has 0 radical (unpaired) electrons. The molecule has 0 saturated heterocycles. The highest BCUT2D eigenvalue weighted by molar-refractivity contribution is 7.09. The van der Waals surface area contributed by atoms with E-state index in [1.165, 1.54) is 7.11 Å². The van der Waals surface area contributed by atoms with Crippen LogP contribution in [0, 0.1) is 0 Å². The maximum atomic E-state index is 11.9. The summed E-state index contributed by atoms with van der Waals surface area (Å²) in [5, 5.41) is 2.45.